The van der Waals surface area contributed by atoms with Crippen molar-refractivity contribution in [2.45, 2.75) is 25.8 Å². The highest BCUT2D eigenvalue weighted by atomic mass is 16.2. The van der Waals surface area contributed by atoms with Gasteiger partial charge in [0, 0.05) is 19.5 Å². The average molecular weight is 247 g/mol. The fourth-order valence-electron chi connectivity index (χ4n) is 2.54. The van der Waals surface area contributed by atoms with E-state index in [0.29, 0.717) is 13.0 Å². The maximum atomic E-state index is 12.1. The molecule has 1 unspecified atom stereocenters. The largest absolute Gasteiger partial charge is 0.330 e. The molecule has 0 aliphatic carbocycles. The minimum Gasteiger partial charge on any atom is -0.330 e. The molecule has 1 heterocycles. The van der Waals surface area contributed by atoms with Gasteiger partial charge in [-0.3, -0.25) is 9.80 Å². The van der Waals surface area contributed by atoms with Crippen LogP contribution in [-0.2, 0) is 4.79 Å². The SMILES string of the molecule is CCN1C(c2ccccc2)CC(=O)N1CCCN. The number of hydrogen-bond donors (Lipinski definition) is 1. The molecule has 1 fully saturated rings. The van der Waals surface area contributed by atoms with Crippen LogP contribution in [0.15, 0.2) is 30.3 Å². The van der Waals surface area contributed by atoms with E-state index in [4.69, 9.17) is 5.73 Å². The molecule has 1 atom stereocenters. The quantitative estimate of drug-likeness (QED) is 0.858. The second-order valence-electron chi connectivity index (χ2n) is 4.55. The molecule has 4 heteroatoms. The van der Waals surface area contributed by atoms with Gasteiger partial charge >= 0.3 is 0 Å². The molecule has 2 N–H and O–H groups in total. The molecule has 0 aromatic heterocycles. The van der Waals surface area contributed by atoms with Gasteiger partial charge in [-0.05, 0) is 18.5 Å². The van der Waals surface area contributed by atoms with Gasteiger partial charge in [0.25, 0.3) is 0 Å². The van der Waals surface area contributed by atoms with Crippen LogP contribution in [0.4, 0.5) is 0 Å². The van der Waals surface area contributed by atoms with Crippen LogP contribution < -0.4 is 5.73 Å². The average Bonchev–Trinajstić information content (AvgIpc) is 2.73. The lowest BCUT2D eigenvalue weighted by molar-refractivity contribution is -0.138. The van der Waals surface area contributed by atoms with Crippen LogP contribution >= 0.6 is 0 Å². The minimum atomic E-state index is 0.182. The Hall–Kier alpha value is -1.39. The van der Waals surface area contributed by atoms with Crippen molar-refractivity contribution in [3.63, 3.8) is 0 Å². The molecular formula is C14H21N3O. The number of nitrogens with zero attached hydrogens (tertiary/aromatic N) is 2. The van der Waals surface area contributed by atoms with E-state index in [2.05, 4.69) is 24.1 Å². The number of rotatable bonds is 5. The van der Waals surface area contributed by atoms with Crippen molar-refractivity contribution in [3.05, 3.63) is 35.9 Å². The van der Waals surface area contributed by atoms with Crippen LogP contribution in [0.1, 0.15) is 31.4 Å². The lowest BCUT2D eigenvalue weighted by Crippen LogP contribution is -2.41. The Morgan fingerprint density at radius 2 is 2.06 bits per heavy atom. The molecule has 1 aliphatic rings. The normalized spacial score (nSPS) is 20.7. The second-order valence-corrected chi connectivity index (χ2v) is 4.55. The molecule has 1 aliphatic heterocycles. The fourth-order valence-corrected chi connectivity index (χ4v) is 2.54. The number of nitrogens with two attached hydrogens (primary N) is 1. The maximum Gasteiger partial charge on any atom is 0.238 e. The number of hydrazine groups is 1. The lowest BCUT2D eigenvalue weighted by Gasteiger charge is -2.31. The summed E-state index contributed by atoms with van der Waals surface area (Å²) in [4.78, 5) is 12.1. The minimum absolute atomic E-state index is 0.182. The van der Waals surface area contributed by atoms with E-state index in [9.17, 15) is 4.79 Å². The van der Waals surface area contributed by atoms with Gasteiger partial charge in [0.05, 0.1) is 6.04 Å². The third kappa shape index (κ3) is 2.54. The summed E-state index contributed by atoms with van der Waals surface area (Å²) in [5.74, 6) is 0.208. The Kier molecular flexibility index (Phi) is 4.33. The van der Waals surface area contributed by atoms with Crippen molar-refractivity contribution >= 4 is 5.91 Å². The van der Waals surface area contributed by atoms with Crippen LogP contribution in [0.2, 0.25) is 0 Å². The Balaban J connectivity index is 2.16. The first-order valence-electron chi connectivity index (χ1n) is 6.59. The molecule has 98 valence electrons. The van der Waals surface area contributed by atoms with Gasteiger partial charge < -0.3 is 5.73 Å². The van der Waals surface area contributed by atoms with Crippen LogP contribution in [0.3, 0.4) is 0 Å². The smallest absolute Gasteiger partial charge is 0.238 e. The zero-order valence-electron chi connectivity index (χ0n) is 10.9. The van der Waals surface area contributed by atoms with Crippen LogP contribution in [0, 0.1) is 0 Å². The van der Waals surface area contributed by atoms with Gasteiger partial charge in [-0.1, -0.05) is 37.3 Å². The lowest BCUT2D eigenvalue weighted by atomic mass is 10.0. The zero-order chi connectivity index (χ0) is 13.0. The van der Waals surface area contributed by atoms with Gasteiger partial charge in [0.15, 0.2) is 0 Å². The zero-order valence-corrected chi connectivity index (χ0v) is 10.9. The number of amides is 1. The molecule has 1 saturated heterocycles. The molecule has 1 aromatic rings. The van der Waals surface area contributed by atoms with Crippen LogP contribution in [0.25, 0.3) is 0 Å². The molecule has 1 aromatic carbocycles. The summed E-state index contributed by atoms with van der Waals surface area (Å²) in [5.41, 5.74) is 6.74. The predicted octanol–water partition coefficient (Wildman–Crippen LogP) is 1.55. The highest BCUT2D eigenvalue weighted by molar-refractivity contribution is 5.78. The molecule has 0 bridgehead atoms. The first-order valence-corrected chi connectivity index (χ1v) is 6.59. The monoisotopic (exact) mass is 247 g/mol. The van der Waals surface area contributed by atoms with E-state index >= 15 is 0 Å². The van der Waals surface area contributed by atoms with Gasteiger partial charge in [0.1, 0.15) is 0 Å². The van der Waals surface area contributed by atoms with E-state index in [0.717, 1.165) is 19.5 Å². The molecular weight excluding hydrogens is 226 g/mol. The first-order chi connectivity index (χ1) is 8.77. The van der Waals surface area contributed by atoms with Gasteiger partial charge in [-0.25, -0.2) is 5.01 Å². The number of hydrogen-bond acceptors (Lipinski definition) is 3. The molecule has 1 amide bonds. The van der Waals surface area contributed by atoms with Crippen molar-refractivity contribution in [2.24, 2.45) is 5.73 Å². The topological polar surface area (TPSA) is 49.6 Å². The maximum absolute atomic E-state index is 12.1. The highest BCUT2D eigenvalue weighted by Crippen LogP contribution is 2.32. The summed E-state index contributed by atoms with van der Waals surface area (Å²) in [7, 11) is 0. The number of carbonyl (C=O) groups excluding carboxylic acids is 1. The summed E-state index contributed by atoms with van der Waals surface area (Å²) >= 11 is 0. The Morgan fingerprint density at radius 1 is 1.33 bits per heavy atom. The summed E-state index contributed by atoms with van der Waals surface area (Å²) in [6, 6.07) is 10.4. The van der Waals surface area contributed by atoms with Gasteiger partial charge in [-0.15, -0.1) is 0 Å². The summed E-state index contributed by atoms with van der Waals surface area (Å²) < 4.78 is 0. The third-order valence-corrected chi connectivity index (χ3v) is 3.41. The molecule has 4 nitrogen and oxygen atoms in total. The van der Waals surface area contributed by atoms with Crippen molar-refractivity contribution in [1.82, 2.24) is 10.0 Å². The molecule has 18 heavy (non-hydrogen) atoms. The highest BCUT2D eigenvalue weighted by Gasteiger charge is 2.36. The van der Waals surface area contributed by atoms with Crippen molar-refractivity contribution in [3.8, 4) is 0 Å². The van der Waals surface area contributed by atoms with E-state index in [1.54, 1.807) is 0 Å². The Morgan fingerprint density at radius 3 is 2.67 bits per heavy atom. The van der Waals surface area contributed by atoms with Crippen molar-refractivity contribution < 1.29 is 4.79 Å². The van der Waals surface area contributed by atoms with Crippen LogP contribution in [0.5, 0.6) is 0 Å². The van der Waals surface area contributed by atoms with E-state index < -0.39 is 0 Å². The standard InChI is InChI=1S/C14H21N3O/c1-2-16-13(12-7-4-3-5-8-12)11-14(18)17(16)10-6-9-15/h3-5,7-8,13H,2,6,9-11,15H2,1H3. The first kappa shape index (κ1) is 13.1. The molecule has 0 spiro atoms. The van der Waals surface area contributed by atoms with E-state index in [1.807, 2.05) is 23.2 Å². The summed E-state index contributed by atoms with van der Waals surface area (Å²) in [6.45, 7) is 4.28. The molecule has 0 radical (unpaired) electrons. The summed E-state index contributed by atoms with van der Waals surface area (Å²) in [6.07, 6.45) is 1.42. The van der Waals surface area contributed by atoms with E-state index in [-0.39, 0.29) is 11.9 Å². The van der Waals surface area contributed by atoms with Crippen LogP contribution in [-0.4, -0.2) is 35.6 Å². The fraction of sp³-hybridized carbons (Fsp3) is 0.500. The van der Waals surface area contributed by atoms with Gasteiger partial charge in [-0.2, -0.15) is 0 Å². The summed E-state index contributed by atoms with van der Waals surface area (Å²) in [5, 5.41) is 4.03. The Bertz CT molecular complexity index is 393. The second kappa shape index (κ2) is 5.98. The predicted molar refractivity (Wildman–Crippen MR) is 71.6 cm³/mol. The van der Waals surface area contributed by atoms with Gasteiger partial charge in [0.2, 0.25) is 5.91 Å². The third-order valence-electron chi connectivity index (χ3n) is 3.41. The van der Waals surface area contributed by atoms with E-state index in [1.165, 1.54) is 5.56 Å². The van der Waals surface area contributed by atoms with Crippen molar-refractivity contribution in [2.75, 3.05) is 19.6 Å². The molecule has 2 rings (SSSR count). The molecule has 0 saturated carbocycles. The Labute approximate surface area is 108 Å². The number of carbonyl (C=O) groups is 1. The number of benzene rings is 1. The van der Waals surface area contributed by atoms with Crippen molar-refractivity contribution in [1.29, 1.82) is 0 Å².